The standard InChI is InChI=1S/C74H144O17P2/c1-9-67(8)53-45-37-32-33-39-47-55-72(77)85-61-70(91-74(79)57-49-41-31-23-19-15-17-21-27-35-43-51-65(4)5)63-89-93(82,83)87-59-68(75)58-86-92(80,81)88-62-69(60-84-71(76)54-46-38-29-25-24-28-36-44-52-66(6)7)90-73(78)56-48-40-30-22-18-14-12-10-11-13-16-20-26-34-42-50-64(2)3/h64-70,75H,9-63H2,1-8H3,(H,80,81)(H,82,83)/t67?,68-,69-,70-/m1/s1. The molecule has 3 N–H and O–H groups in total. The first-order valence-electron chi connectivity index (χ1n) is 38.2. The number of phosphoric acid groups is 2. The molecule has 0 aliphatic heterocycles. The van der Waals surface area contributed by atoms with Crippen molar-refractivity contribution in [2.75, 3.05) is 39.6 Å². The maximum Gasteiger partial charge on any atom is 0.472 e. The zero-order valence-electron chi connectivity index (χ0n) is 60.9. The van der Waals surface area contributed by atoms with Crippen molar-refractivity contribution in [3.05, 3.63) is 0 Å². The molecule has 0 radical (unpaired) electrons. The highest BCUT2D eigenvalue weighted by Crippen LogP contribution is 2.45. The van der Waals surface area contributed by atoms with Gasteiger partial charge in [-0.25, -0.2) is 9.13 Å². The lowest BCUT2D eigenvalue weighted by Gasteiger charge is -2.21. The predicted molar refractivity (Wildman–Crippen MR) is 377 cm³/mol. The molecule has 19 heteroatoms. The Labute approximate surface area is 568 Å². The highest BCUT2D eigenvalue weighted by Gasteiger charge is 2.30. The van der Waals surface area contributed by atoms with Crippen LogP contribution in [0.5, 0.6) is 0 Å². The van der Waals surface area contributed by atoms with Crippen molar-refractivity contribution in [3.8, 4) is 0 Å². The van der Waals surface area contributed by atoms with Crippen molar-refractivity contribution in [1.29, 1.82) is 0 Å². The Morgan fingerprint density at radius 2 is 0.516 bits per heavy atom. The van der Waals surface area contributed by atoms with Gasteiger partial charge in [0.25, 0.3) is 0 Å². The summed E-state index contributed by atoms with van der Waals surface area (Å²) in [6.07, 6.45) is 47.2. The molecule has 6 atom stereocenters. The summed E-state index contributed by atoms with van der Waals surface area (Å²) in [7, 11) is -9.91. The van der Waals surface area contributed by atoms with Crippen molar-refractivity contribution in [3.63, 3.8) is 0 Å². The number of hydrogen-bond acceptors (Lipinski definition) is 15. The third kappa shape index (κ3) is 67.0. The minimum Gasteiger partial charge on any atom is -0.462 e. The molecule has 0 amide bonds. The summed E-state index contributed by atoms with van der Waals surface area (Å²) in [5.74, 6) is 0.900. The van der Waals surface area contributed by atoms with Gasteiger partial charge in [-0.3, -0.25) is 37.3 Å². The molecular weight excluding hydrogens is 1220 g/mol. The minimum atomic E-state index is -4.96. The molecule has 3 unspecified atom stereocenters. The summed E-state index contributed by atoms with van der Waals surface area (Å²) in [6, 6.07) is 0. The van der Waals surface area contributed by atoms with Gasteiger partial charge in [-0.2, -0.15) is 0 Å². The topological polar surface area (TPSA) is 237 Å². The zero-order chi connectivity index (χ0) is 68.9. The van der Waals surface area contributed by atoms with E-state index < -0.39 is 97.5 Å². The second-order valence-corrected chi connectivity index (χ2v) is 31.3. The first kappa shape index (κ1) is 91.1. The van der Waals surface area contributed by atoms with Gasteiger partial charge in [-0.1, -0.05) is 319 Å². The Bertz CT molecular complexity index is 1840. The molecule has 0 saturated carbocycles. The van der Waals surface area contributed by atoms with Gasteiger partial charge in [0.05, 0.1) is 26.4 Å². The second kappa shape index (κ2) is 63.5. The van der Waals surface area contributed by atoms with Crippen molar-refractivity contribution in [2.45, 2.75) is 388 Å². The zero-order valence-corrected chi connectivity index (χ0v) is 62.7. The highest BCUT2D eigenvalue weighted by molar-refractivity contribution is 7.47. The Hall–Kier alpha value is -1.94. The van der Waals surface area contributed by atoms with Crippen LogP contribution in [0.4, 0.5) is 0 Å². The van der Waals surface area contributed by atoms with Gasteiger partial charge in [0, 0.05) is 25.7 Å². The van der Waals surface area contributed by atoms with Crippen LogP contribution in [0.2, 0.25) is 0 Å². The lowest BCUT2D eigenvalue weighted by molar-refractivity contribution is -0.161. The van der Waals surface area contributed by atoms with Gasteiger partial charge in [0.1, 0.15) is 19.3 Å². The Balaban J connectivity index is 5.24. The molecule has 0 aromatic heterocycles. The summed E-state index contributed by atoms with van der Waals surface area (Å²) in [5, 5.41) is 10.6. The molecule has 0 spiro atoms. The fraction of sp³-hybridized carbons (Fsp3) is 0.946. The number of esters is 4. The molecule has 0 saturated heterocycles. The molecule has 0 bridgehead atoms. The van der Waals surface area contributed by atoms with Gasteiger partial charge in [0.2, 0.25) is 0 Å². The molecule has 0 aromatic rings. The first-order chi connectivity index (χ1) is 44.6. The molecule has 0 aliphatic rings. The van der Waals surface area contributed by atoms with Gasteiger partial charge >= 0.3 is 39.5 Å². The molecular formula is C74H144O17P2. The Morgan fingerprint density at radius 1 is 0.301 bits per heavy atom. The smallest absolute Gasteiger partial charge is 0.462 e. The van der Waals surface area contributed by atoms with Crippen LogP contribution in [0.25, 0.3) is 0 Å². The number of aliphatic hydroxyl groups excluding tert-OH is 1. The van der Waals surface area contributed by atoms with Crippen LogP contribution in [0.3, 0.4) is 0 Å². The van der Waals surface area contributed by atoms with Crippen molar-refractivity contribution >= 4 is 39.5 Å². The van der Waals surface area contributed by atoms with Crippen molar-refractivity contribution in [2.24, 2.45) is 23.7 Å². The molecule has 0 aliphatic carbocycles. The predicted octanol–water partition coefficient (Wildman–Crippen LogP) is 21.3. The lowest BCUT2D eigenvalue weighted by Crippen LogP contribution is -2.30. The fourth-order valence-corrected chi connectivity index (χ4v) is 12.7. The Kier molecular flexibility index (Phi) is 62.2. The van der Waals surface area contributed by atoms with E-state index in [-0.39, 0.29) is 25.7 Å². The van der Waals surface area contributed by atoms with Gasteiger partial charge in [-0.15, -0.1) is 0 Å². The van der Waals surface area contributed by atoms with Crippen LogP contribution in [-0.4, -0.2) is 96.7 Å². The first-order valence-corrected chi connectivity index (χ1v) is 41.2. The average Bonchev–Trinajstić information content (AvgIpc) is 1.84. The molecule has 552 valence electrons. The third-order valence-electron chi connectivity index (χ3n) is 17.4. The van der Waals surface area contributed by atoms with Gasteiger partial charge in [0.15, 0.2) is 12.2 Å². The van der Waals surface area contributed by atoms with Crippen LogP contribution < -0.4 is 0 Å². The molecule has 0 aromatic carbocycles. The van der Waals surface area contributed by atoms with Gasteiger partial charge in [-0.05, 0) is 49.4 Å². The maximum absolute atomic E-state index is 13.1. The van der Waals surface area contributed by atoms with Crippen LogP contribution in [-0.2, 0) is 65.4 Å². The monoisotopic (exact) mass is 1370 g/mol. The van der Waals surface area contributed by atoms with E-state index in [1.165, 1.54) is 167 Å². The molecule has 17 nitrogen and oxygen atoms in total. The van der Waals surface area contributed by atoms with Crippen molar-refractivity contribution < 1.29 is 80.2 Å². The lowest BCUT2D eigenvalue weighted by atomic mass is 10.00. The van der Waals surface area contributed by atoms with Crippen molar-refractivity contribution in [1.82, 2.24) is 0 Å². The van der Waals surface area contributed by atoms with E-state index in [1.54, 1.807) is 0 Å². The normalized spacial score (nSPS) is 14.5. The number of aliphatic hydroxyl groups is 1. The summed E-state index contributed by atoms with van der Waals surface area (Å²) in [6.45, 7) is 14.1. The SMILES string of the molecule is CCC(C)CCCCCCCCC(=O)OC[C@H](COP(=O)(O)OC[C@H](O)COP(=O)(O)OC[C@@H](COC(=O)CCCCCCCCCCC(C)C)OC(=O)CCCCCCCCCCCCCCCCCC(C)C)OC(=O)CCCCCCCCCCCCCC(C)C. The van der Waals surface area contributed by atoms with E-state index >= 15 is 0 Å². The van der Waals surface area contributed by atoms with E-state index in [1.807, 2.05) is 0 Å². The number of ether oxygens (including phenoxy) is 4. The van der Waals surface area contributed by atoms with Gasteiger partial charge < -0.3 is 33.8 Å². The summed E-state index contributed by atoms with van der Waals surface area (Å²) >= 11 is 0. The van der Waals surface area contributed by atoms with Crippen LogP contribution in [0.15, 0.2) is 0 Å². The Morgan fingerprint density at radius 3 is 0.763 bits per heavy atom. The van der Waals surface area contributed by atoms with E-state index in [4.69, 9.17) is 37.0 Å². The fourth-order valence-electron chi connectivity index (χ4n) is 11.2. The molecule has 0 rings (SSSR count). The summed E-state index contributed by atoms with van der Waals surface area (Å²) in [5.41, 5.74) is 0. The number of phosphoric ester groups is 2. The van der Waals surface area contributed by atoms with E-state index in [0.717, 1.165) is 120 Å². The van der Waals surface area contributed by atoms with E-state index in [9.17, 15) is 43.2 Å². The number of rotatable bonds is 71. The summed E-state index contributed by atoms with van der Waals surface area (Å²) < 4.78 is 68.4. The maximum atomic E-state index is 13.1. The number of hydrogen-bond donors (Lipinski definition) is 3. The number of carbonyl (C=O) groups is 4. The average molecular weight is 1370 g/mol. The third-order valence-corrected chi connectivity index (χ3v) is 19.3. The van der Waals surface area contributed by atoms with Crippen LogP contribution in [0.1, 0.15) is 370 Å². The van der Waals surface area contributed by atoms with Crippen LogP contribution >= 0.6 is 15.6 Å². The highest BCUT2D eigenvalue weighted by atomic mass is 31.2. The molecule has 0 heterocycles. The number of carbonyl (C=O) groups excluding carboxylic acids is 4. The number of unbranched alkanes of at least 4 members (excludes halogenated alkanes) is 36. The minimum absolute atomic E-state index is 0.105. The molecule has 93 heavy (non-hydrogen) atoms. The largest absolute Gasteiger partial charge is 0.472 e. The van der Waals surface area contributed by atoms with Crippen LogP contribution in [0, 0.1) is 23.7 Å². The summed E-state index contributed by atoms with van der Waals surface area (Å²) in [4.78, 5) is 72.7. The van der Waals surface area contributed by atoms with E-state index in [2.05, 4.69) is 55.4 Å². The van der Waals surface area contributed by atoms with E-state index in [0.29, 0.717) is 25.7 Å². The quantitative estimate of drug-likeness (QED) is 0.0222. The molecule has 0 fully saturated rings. The second-order valence-electron chi connectivity index (χ2n) is 28.4.